The normalized spacial score (nSPS) is 22.4. The van der Waals surface area contributed by atoms with Crippen LogP contribution in [0.4, 0.5) is 0 Å². The van der Waals surface area contributed by atoms with Crippen LogP contribution in [-0.2, 0) is 9.84 Å². The van der Waals surface area contributed by atoms with Crippen molar-refractivity contribution in [3.8, 4) is 0 Å². The van der Waals surface area contributed by atoms with Gasteiger partial charge in [0.05, 0.1) is 39.8 Å². The topological polar surface area (TPSA) is 89.3 Å². The van der Waals surface area contributed by atoms with Gasteiger partial charge in [0.25, 0.3) is 5.56 Å². The van der Waals surface area contributed by atoms with E-state index in [4.69, 9.17) is 0 Å². The van der Waals surface area contributed by atoms with Gasteiger partial charge in [-0.15, -0.1) is 0 Å². The Hall–Kier alpha value is -2.16. The molecule has 6 nitrogen and oxygen atoms in total. The summed E-state index contributed by atoms with van der Waals surface area (Å²) in [7, 11) is -3.29. The lowest BCUT2D eigenvalue weighted by atomic mass is 10.1. The van der Waals surface area contributed by atoms with Crippen LogP contribution in [0.1, 0.15) is 18.5 Å². The number of fused-ring (bicyclic) bond motifs is 1. The molecule has 1 aliphatic heterocycles. The van der Waals surface area contributed by atoms with E-state index in [0.29, 0.717) is 16.1 Å². The molecule has 146 valence electrons. The molecule has 3 aromatic rings. The highest BCUT2D eigenvalue weighted by Crippen LogP contribution is 2.32. The van der Waals surface area contributed by atoms with Crippen molar-refractivity contribution in [3.63, 3.8) is 0 Å². The first-order valence-corrected chi connectivity index (χ1v) is 11.7. The van der Waals surface area contributed by atoms with Crippen LogP contribution in [0, 0.1) is 0 Å². The summed E-state index contributed by atoms with van der Waals surface area (Å²) in [6.07, 6.45) is -0.973. The predicted octanol–water partition coefficient (Wildman–Crippen LogP) is 2.26. The molecule has 0 saturated carbocycles. The van der Waals surface area contributed by atoms with E-state index < -0.39 is 21.2 Å². The minimum Gasteiger partial charge on any atom is -0.391 e. The number of hydrogen-bond donors (Lipinski definition) is 1. The maximum atomic E-state index is 13.3. The zero-order valence-corrected chi connectivity index (χ0v) is 16.9. The molecule has 0 bridgehead atoms. The number of aliphatic hydroxyl groups is 1. The van der Waals surface area contributed by atoms with Crippen molar-refractivity contribution in [3.05, 3.63) is 70.5 Å². The number of hydrogen-bond acceptors (Lipinski definition) is 6. The van der Waals surface area contributed by atoms with Gasteiger partial charge in [0.2, 0.25) is 0 Å². The number of aromatic nitrogens is 2. The highest BCUT2D eigenvalue weighted by molar-refractivity contribution is 8.01. The fraction of sp³-hybridized carbons (Fsp3) is 0.300. The first-order chi connectivity index (χ1) is 13.4. The summed E-state index contributed by atoms with van der Waals surface area (Å²) in [4.78, 5) is 17.9. The van der Waals surface area contributed by atoms with Crippen molar-refractivity contribution in [1.29, 1.82) is 0 Å². The van der Waals surface area contributed by atoms with E-state index >= 15 is 0 Å². The van der Waals surface area contributed by atoms with Crippen LogP contribution in [0.25, 0.3) is 10.9 Å². The molecule has 1 saturated heterocycles. The monoisotopic (exact) mass is 416 g/mol. The summed E-state index contributed by atoms with van der Waals surface area (Å²) in [6, 6.07) is 16.4. The van der Waals surface area contributed by atoms with E-state index in [1.807, 2.05) is 43.3 Å². The number of thioether (sulfide) groups is 1. The molecule has 3 atom stereocenters. The summed E-state index contributed by atoms with van der Waals surface area (Å²) in [5.74, 6) is -0.377. The number of benzene rings is 2. The summed E-state index contributed by atoms with van der Waals surface area (Å²) < 4.78 is 25.4. The third kappa shape index (κ3) is 3.59. The molecule has 1 N–H and O–H groups in total. The fourth-order valence-electron chi connectivity index (χ4n) is 3.48. The molecular weight excluding hydrogens is 396 g/mol. The number of para-hydroxylation sites is 1. The standard InChI is InChI=1S/C20H20N2O4S2/c1-13(14-7-3-2-4-8-14)22-19(24)15-9-5-6-10-16(15)21-20(22)27-18-12-28(25,26)11-17(18)23/h2-10,13,17-18,23H,11-12H2,1H3/t13-,17+,18-/m1/s1. The minimum absolute atomic E-state index is 0.124. The molecule has 1 aliphatic rings. The Kier molecular flexibility index (Phi) is 5.03. The fourth-order valence-corrected chi connectivity index (χ4v) is 7.13. The molecular formula is C20H20N2O4S2. The van der Waals surface area contributed by atoms with Gasteiger partial charge in [0.15, 0.2) is 15.0 Å². The van der Waals surface area contributed by atoms with Crippen molar-refractivity contribution in [2.45, 2.75) is 29.5 Å². The second-order valence-corrected chi connectivity index (χ2v) is 10.3. The Labute approximate surface area is 167 Å². The molecule has 1 fully saturated rings. The van der Waals surface area contributed by atoms with Crippen molar-refractivity contribution in [2.24, 2.45) is 0 Å². The van der Waals surface area contributed by atoms with Gasteiger partial charge in [-0.2, -0.15) is 0 Å². The van der Waals surface area contributed by atoms with Crippen LogP contribution in [0.15, 0.2) is 64.5 Å². The number of rotatable bonds is 4. The maximum Gasteiger partial charge on any atom is 0.262 e. The molecule has 0 aliphatic carbocycles. The summed E-state index contributed by atoms with van der Waals surface area (Å²) in [6.45, 7) is 1.92. The van der Waals surface area contributed by atoms with E-state index in [1.165, 1.54) is 0 Å². The Morgan fingerprint density at radius 2 is 1.79 bits per heavy atom. The predicted molar refractivity (Wildman–Crippen MR) is 111 cm³/mol. The first-order valence-electron chi connectivity index (χ1n) is 8.97. The Bertz CT molecular complexity index is 1180. The minimum atomic E-state index is -3.29. The molecule has 0 amide bonds. The van der Waals surface area contributed by atoms with Crippen LogP contribution in [0.3, 0.4) is 0 Å². The lowest BCUT2D eigenvalue weighted by Crippen LogP contribution is -2.29. The van der Waals surface area contributed by atoms with Gasteiger partial charge in [-0.1, -0.05) is 54.2 Å². The first kappa shape index (κ1) is 19.2. The zero-order valence-electron chi connectivity index (χ0n) is 15.2. The largest absolute Gasteiger partial charge is 0.391 e. The molecule has 1 aromatic heterocycles. The molecule has 28 heavy (non-hydrogen) atoms. The molecule has 0 unspecified atom stereocenters. The van der Waals surface area contributed by atoms with E-state index in [9.17, 15) is 18.3 Å². The van der Waals surface area contributed by atoms with E-state index in [-0.39, 0.29) is 23.1 Å². The lowest BCUT2D eigenvalue weighted by Gasteiger charge is -2.22. The average molecular weight is 417 g/mol. The molecule has 2 heterocycles. The Balaban J connectivity index is 1.85. The summed E-state index contributed by atoms with van der Waals surface area (Å²) in [5.41, 5.74) is 1.32. The second-order valence-electron chi connectivity index (χ2n) is 6.97. The zero-order chi connectivity index (χ0) is 19.9. The van der Waals surface area contributed by atoms with Crippen molar-refractivity contribution < 1.29 is 13.5 Å². The van der Waals surface area contributed by atoms with Gasteiger partial charge in [-0.25, -0.2) is 13.4 Å². The number of aliphatic hydroxyl groups excluding tert-OH is 1. The molecule has 0 radical (unpaired) electrons. The second kappa shape index (κ2) is 7.35. The summed E-state index contributed by atoms with van der Waals surface area (Å²) in [5, 5.41) is 10.6. The van der Waals surface area contributed by atoms with E-state index in [2.05, 4.69) is 4.98 Å². The van der Waals surface area contributed by atoms with Crippen molar-refractivity contribution in [2.75, 3.05) is 11.5 Å². The van der Waals surface area contributed by atoms with Gasteiger partial charge in [0, 0.05) is 0 Å². The van der Waals surface area contributed by atoms with Gasteiger partial charge < -0.3 is 5.11 Å². The number of nitrogens with zero attached hydrogens (tertiary/aromatic N) is 2. The molecule has 0 spiro atoms. The van der Waals surface area contributed by atoms with Crippen LogP contribution in [-0.4, -0.2) is 45.9 Å². The quantitative estimate of drug-likeness (QED) is 0.656. The maximum absolute atomic E-state index is 13.3. The Morgan fingerprint density at radius 1 is 1.11 bits per heavy atom. The molecule has 8 heteroatoms. The smallest absolute Gasteiger partial charge is 0.262 e. The molecule has 4 rings (SSSR count). The SMILES string of the molecule is C[C@H](c1ccccc1)n1c(S[C@@H]2CS(=O)(=O)C[C@@H]2O)nc2ccccc2c1=O. The van der Waals surface area contributed by atoms with E-state index in [0.717, 1.165) is 17.3 Å². The molecule has 2 aromatic carbocycles. The van der Waals surface area contributed by atoms with Gasteiger partial charge in [-0.3, -0.25) is 9.36 Å². The highest BCUT2D eigenvalue weighted by atomic mass is 32.2. The number of sulfone groups is 1. The average Bonchev–Trinajstić information content (AvgIpc) is 2.93. The van der Waals surface area contributed by atoms with Gasteiger partial charge in [-0.05, 0) is 24.6 Å². The van der Waals surface area contributed by atoms with E-state index in [1.54, 1.807) is 22.8 Å². The summed E-state index contributed by atoms with van der Waals surface area (Å²) >= 11 is 1.16. The van der Waals surface area contributed by atoms with Crippen molar-refractivity contribution >= 4 is 32.5 Å². The van der Waals surface area contributed by atoms with Crippen LogP contribution in [0.2, 0.25) is 0 Å². The van der Waals surface area contributed by atoms with Gasteiger partial charge >= 0.3 is 0 Å². The van der Waals surface area contributed by atoms with Crippen molar-refractivity contribution in [1.82, 2.24) is 9.55 Å². The third-order valence-electron chi connectivity index (χ3n) is 4.97. The Morgan fingerprint density at radius 3 is 2.46 bits per heavy atom. The van der Waals surface area contributed by atoms with Gasteiger partial charge in [0.1, 0.15) is 0 Å². The lowest BCUT2D eigenvalue weighted by molar-refractivity contribution is 0.207. The van der Waals surface area contributed by atoms with Crippen LogP contribution in [0.5, 0.6) is 0 Å². The van der Waals surface area contributed by atoms with Crippen LogP contribution < -0.4 is 5.56 Å². The third-order valence-corrected chi connectivity index (χ3v) is 8.18. The van der Waals surface area contributed by atoms with Crippen LogP contribution >= 0.6 is 11.8 Å². The highest BCUT2D eigenvalue weighted by Gasteiger charge is 2.38.